The number of nitrogens with one attached hydrogen (secondary N) is 1. The van der Waals surface area contributed by atoms with Gasteiger partial charge in [-0.15, -0.1) is 0 Å². The summed E-state index contributed by atoms with van der Waals surface area (Å²) in [6, 6.07) is 22.5. The number of carbonyl (C=O) groups is 1. The number of aliphatic imine (C=N–C) groups is 1. The monoisotopic (exact) mass is 448 g/mol. The summed E-state index contributed by atoms with van der Waals surface area (Å²) in [5.41, 5.74) is 4.45. The molecule has 0 radical (unpaired) electrons. The van der Waals surface area contributed by atoms with Gasteiger partial charge in [-0.2, -0.15) is 0 Å². The third-order valence-electron chi connectivity index (χ3n) is 5.45. The van der Waals surface area contributed by atoms with E-state index in [1.807, 2.05) is 24.3 Å². The van der Waals surface area contributed by atoms with E-state index in [2.05, 4.69) is 40.4 Å². The molecule has 2 aliphatic rings. The first-order valence-electron chi connectivity index (χ1n) is 10.5. The van der Waals surface area contributed by atoms with Crippen molar-refractivity contribution in [2.24, 2.45) is 4.99 Å². The molecule has 1 fully saturated rings. The Morgan fingerprint density at radius 3 is 2.31 bits per heavy atom. The van der Waals surface area contributed by atoms with E-state index < -0.39 is 5.97 Å². The molecule has 32 heavy (non-hydrogen) atoms. The summed E-state index contributed by atoms with van der Waals surface area (Å²) >= 11 is 6.18. The second-order valence-electron chi connectivity index (χ2n) is 7.73. The number of carboxylic acid groups (broad SMARTS) is 1. The maximum atomic E-state index is 10.2. The predicted octanol–water partition coefficient (Wildman–Crippen LogP) is 5.11. The molecule has 0 aromatic heterocycles. The first kappa shape index (κ1) is 21.9. The first-order valence-corrected chi connectivity index (χ1v) is 10.9. The van der Waals surface area contributed by atoms with Gasteiger partial charge < -0.3 is 20.2 Å². The van der Waals surface area contributed by atoms with Crippen molar-refractivity contribution in [2.75, 3.05) is 38.5 Å². The molecule has 0 spiro atoms. The van der Waals surface area contributed by atoms with Crippen LogP contribution in [0.25, 0.3) is 0 Å². The van der Waals surface area contributed by atoms with Gasteiger partial charge in [-0.1, -0.05) is 41.9 Å². The van der Waals surface area contributed by atoms with E-state index in [0.717, 1.165) is 54.6 Å². The van der Waals surface area contributed by atoms with E-state index in [-0.39, 0.29) is 0 Å². The number of likely N-dealkylation sites (N-methyl/N-ethyl adjacent to an activating group) is 1. The summed E-state index contributed by atoms with van der Waals surface area (Å²) in [6.45, 7) is 4.08. The Kier molecular flexibility index (Phi) is 6.73. The molecule has 0 saturated carbocycles. The zero-order valence-corrected chi connectivity index (χ0v) is 18.6. The standard InChI is InChI=1S/C18H19ClN4.C7H6O2/c1-22-8-10-23(11-9-22)18-14-4-2-3-5-15(14)20-16-7-6-13(19)12-17(16)21-18;8-7(9)6-4-2-1-3-5-6/h2-7,12,20H,8-11H2,1H3;1-5H,(H,8,9). The highest BCUT2D eigenvalue weighted by molar-refractivity contribution is 6.31. The molecule has 3 aromatic rings. The molecular formula is C25H25ClN4O2. The van der Waals surface area contributed by atoms with E-state index in [0.29, 0.717) is 10.6 Å². The maximum absolute atomic E-state index is 10.2. The van der Waals surface area contributed by atoms with Crippen molar-refractivity contribution in [3.63, 3.8) is 0 Å². The zero-order chi connectivity index (χ0) is 22.5. The topological polar surface area (TPSA) is 68.2 Å². The summed E-state index contributed by atoms with van der Waals surface area (Å²) in [6.07, 6.45) is 0. The number of hydrogen-bond acceptors (Lipinski definition) is 5. The van der Waals surface area contributed by atoms with Crippen LogP contribution in [0.4, 0.5) is 17.1 Å². The summed E-state index contributed by atoms with van der Waals surface area (Å²) < 4.78 is 0. The van der Waals surface area contributed by atoms with E-state index in [1.165, 1.54) is 0 Å². The van der Waals surface area contributed by atoms with Crippen molar-refractivity contribution in [2.45, 2.75) is 0 Å². The van der Waals surface area contributed by atoms with E-state index >= 15 is 0 Å². The van der Waals surface area contributed by atoms with Crippen molar-refractivity contribution in [3.8, 4) is 0 Å². The SMILES string of the molecule is CN1CCN(C2=Nc3cc(Cl)ccc3Nc3ccccc32)CC1.O=C(O)c1ccccc1. The van der Waals surface area contributed by atoms with Gasteiger partial charge in [0.2, 0.25) is 0 Å². The van der Waals surface area contributed by atoms with E-state index in [1.54, 1.807) is 30.3 Å². The van der Waals surface area contributed by atoms with Gasteiger partial charge >= 0.3 is 5.97 Å². The van der Waals surface area contributed by atoms with Gasteiger partial charge in [0.1, 0.15) is 5.84 Å². The molecule has 6 nitrogen and oxygen atoms in total. The first-order chi connectivity index (χ1) is 15.5. The Labute approximate surface area is 192 Å². The zero-order valence-electron chi connectivity index (χ0n) is 17.8. The van der Waals surface area contributed by atoms with Crippen LogP contribution in [0.2, 0.25) is 5.02 Å². The van der Waals surface area contributed by atoms with Crippen LogP contribution < -0.4 is 5.32 Å². The number of carboxylic acids is 1. The van der Waals surface area contributed by atoms with Crippen LogP contribution in [0.5, 0.6) is 0 Å². The average Bonchev–Trinajstić information content (AvgIpc) is 2.97. The van der Waals surface area contributed by atoms with Crippen LogP contribution in [-0.2, 0) is 0 Å². The molecule has 164 valence electrons. The van der Waals surface area contributed by atoms with Gasteiger partial charge in [-0.3, -0.25) is 0 Å². The Morgan fingerprint density at radius 2 is 1.62 bits per heavy atom. The van der Waals surface area contributed by atoms with Crippen LogP contribution in [0.15, 0.2) is 77.8 Å². The molecule has 0 amide bonds. The highest BCUT2D eigenvalue weighted by Crippen LogP contribution is 2.36. The molecule has 0 atom stereocenters. The molecule has 2 aliphatic heterocycles. The van der Waals surface area contributed by atoms with Crippen molar-refractivity contribution >= 4 is 40.5 Å². The van der Waals surface area contributed by atoms with Crippen LogP contribution in [0.1, 0.15) is 15.9 Å². The minimum atomic E-state index is -0.879. The van der Waals surface area contributed by atoms with Gasteiger partial charge in [-0.05, 0) is 49.5 Å². The second-order valence-corrected chi connectivity index (χ2v) is 8.17. The van der Waals surface area contributed by atoms with Crippen molar-refractivity contribution in [1.29, 1.82) is 0 Å². The summed E-state index contributed by atoms with van der Waals surface area (Å²) in [5, 5.41) is 12.6. The third-order valence-corrected chi connectivity index (χ3v) is 5.68. The van der Waals surface area contributed by atoms with Crippen molar-refractivity contribution < 1.29 is 9.90 Å². The van der Waals surface area contributed by atoms with Gasteiger partial charge in [-0.25, -0.2) is 9.79 Å². The summed E-state index contributed by atoms with van der Waals surface area (Å²) in [5.74, 6) is 0.151. The van der Waals surface area contributed by atoms with Crippen LogP contribution in [-0.4, -0.2) is 59.9 Å². The minimum absolute atomic E-state index is 0.331. The second kappa shape index (κ2) is 9.85. The van der Waals surface area contributed by atoms with Crippen molar-refractivity contribution in [3.05, 3.63) is 88.9 Å². The molecular weight excluding hydrogens is 424 g/mol. The fourth-order valence-electron chi connectivity index (χ4n) is 3.65. The molecule has 1 saturated heterocycles. The molecule has 2 N–H and O–H groups in total. The number of piperazine rings is 1. The highest BCUT2D eigenvalue weighted by Gasteiger charge is 2.23. The highest BCUT2D eigenvalue weighted by atomic mass is 35.5. The lowest BCUT2D eigenvalue weighted by molar-refractivity contribution is 0.0697. The van der Waals surface area contributed by atoms with Crippen LogP contribution in [0, 0.1) is 0 Å². The number of para-hydroxylation sites is 1. The molecule has 0 bridgehead atoms. The molecule has 0 unspecified atom stereocenters. The normalized spacial score (nSPS) is 15.2. The van der Waals surface area contributed by atoms with E-state index in [9.17, 15) is 4.79 Å². The number of hydrogen-bond donors (Lipinski definition) is 2. The lowest BCUT2D eigenvalue weighted by Gasteiger charge is -2.34. The summed E-state index contributed by atoms with van der Waals surface area (Å²) in [7, 11) is 2.16. The molecule has 2 heterocycles. The lowest BCUT2D eigenvalue weighted by Crippen LogP contribution is -2.47. The fourth-order valence-corrected chi connectivity index (χ4v) is 3.82. The van der Waals surface area contributed by atoms with Crippen LogP contribution >= 0.6 is 11.6 Å². The van der Waals surface area contributed by atoms with Crippen molar-refractivity contribution in [1.82, 2.24) is 9.80 Å². The predicted molar refractivity (Wildman–Crippen MR) is 130 cm³/mol. The van der Waals surface area contributed by atoms with Gasteiger partial charge in [0.05, 0.1) is 16.9 Å². The molecule has 3 aromatic carbocycles. The number of amidine groups is 1. The van der Waals surface area contributed by atoms with Crippen LogP contribution in [0.3, 0.4) is 0 Å². The quantitative estimate of drug-likeness (QED) is 0.541. The Balaban J connectivity index is 0.000000230. The maximum Gasteiger partial charge on any atom is 0.335 e. The Morgan fingerprint density at radius 1 is 0.938 bits per heavy atom. The smallest absolute Gasteiger partial charge is 0.335 e. The molecule has 7 heteroatoms. The number of fused-ring (bicyclic) bond motifs is 2. The minimum Gasteiger partial charge on any atom is -0.478 e. The Bertz CT molecular complexity index is 1130. The number of benzene rings is 3. The number of aromatic carboxylic acids is 1. The summed E-state index contributed by atoms with van der Waals surface area (Å²) in [4.78, 5) is 19.9. The van der Waals surface area contributed by atoms with Gasteiger partial charge in [0.15, 0.2) is 0 Å². The molecule has 5 rings (SSSR count). The number of nitrogens with zero attached hydrogens (tertiary/aromatic N) is 3. The lowest BCUT2D eigenvalue weighted by atomic mass is 10.1. The Hall–Kier alpha value is -3.35. The van der Waals surface area contributed by atoms with Gasteiger partial charge in [0.25, 0.3) is 0 Å². The van der Waals surface area contributed by atoms with E-state index in [4.69, 9.17) is 21.7 Å². The number of halogens is 1. The number of rotatable bonds is 1. The van der Waals surface area contributed by atoms with Gasteiger partial charge in [0, 0.05) is 42.5 Å². The average molecular weight is 449 g/mol. The third kappa shape index (κ3) is 5.10. The number of anilines is 2. The fraction of sp³-hybridized carbons (Fsp3) is 0.200. The largest absolute Gasteiger partial charge is 0.478 e. The molecule has 0 aliphatic carbocycles.